The number of carbonyl (C=O) groups is 2. The van der Waals surface area contributed by atoms with Crippen LogP contribution in [0.4, 0.5) is 5.13 Å². The Kier molecular flexibility index (Phi) is 4.84. The lowest BCUT2D eigenvalue weighted by atomic mass is 10.1. The third-order valence-corrected chi connectivity index (χ3v) is 3.74. The zero-order valence-electron chi connectivity index (χ0n) is 11.7. The highest BCUT2D eigenvalue weighted by Crippen LogP contribution is 2.20. The largest absolute Gasteiger partial charge is 0.478 e. The highest BCUT2D eigenvalue weighted by Gasteiger charge is 2.15. The quantitative estimate of drug-likeness (QED) is 0.573. The van der Waals surface area contributed by atoms with Crippen molar-refractivity contribution in [3.8, 4) is 0 Å². The topological polar surface area (TPSA) is 118 Å². The number of carboxylic acids is 1. The smallest absolute Gasteiger partial charge is 0.336 e. The molecule has 114 valence electrons. The van der Waals surface area contributed by atoms with Crippen molar-refractivity contribution in [2.45, 2.75) is 13.3 Å². The van der Waals surface area contributed by atoms with E-state index in [1.165, 1.54) is 12.3 Å². The molecule has 0 saturated carbocycles. The zero-order chi connectivity index (χ0) is 16.1. The van der Waals surface area contributed by atoms with Crippen LogP contribution in [0.3, 0.4) is 0 Å². The van der Waals surface area contributed by atoms with Gasteiger partial charge in [-0.15, -0.1) is 0 Å². The lowest BCUT2D eigenvalue weighted by molar-refractivity contribution is 0.0696. The van der Waals surface area contributed by atoms with Crippen LogP contribution in [0.2, 0.25) is 0 Å². The highest BCUT2D eigenvalue weighted by atomic mass is 32.1. The zero-order valence-corrected chi connectivity index (χ0v) is 12.6. The molecule has 1 aromatic carbocycles. The van der Waals surface area contributed by atoms with Crippen molar-refractivity contribution in [1.29, 1.82) is 0 Å². The Bertz CT molecular complexity index is 739. The molecule has 0 bridgehead atoms. The van der Waals surface area contributed by atoms with E-state index in [0.717, 1.165) is 11.3 Å². The molecule has 0 spiro atoms. The minimum Gasteiger partial charge on any atom is -0.478 e. The van der Waals surface area contributed by atoms with Crippen LogP contribution >= 0.6 is 11.3 Å². The molecule has 8 heteroatoms. The molecule has 7 nitrogen and oxygen atoms in total. The maximum atomic E-state index is 12.0. The van der Waals surface area contributed by atoms with Crippen molar-refractivity contribution in [1.82, 2.24) is 10.4 Å². The molecule has 0 fully saturated rings. The summed E-state index contributed by atoms with van der Waals surface area (Å²) in [6, 6.07) is 6.37. The number of hydrogen-bond acceptors (Lipinski definition) is 6. The fraction of sp³-hybridized carbons (Fsp3) is 0.143. The van der Waals surface area contributed by atoms with Gasteiger partial charge in [-0.05, 0) is 12.5 Å². The Balaban J connectivity index is 2.13. The predicted octanol–water partition coefficient (Wildman–Crippen LogP) is 1.75. The molecule has 1 heterocycles. The van der Waals surface area contributed by atoms with Gasteiger partial charge in [-0.3, -0.25) is 4.79 Å². The van der Waals surface area contributed by atoms with E-state index in [4.69, 9.17) is 10.8 Å². The van der Waals surface area contributed by atoms with Crippen LogP contribution in [0.15, 0.2) is 29.4 Å². The molecule has 0 atom stereocenters. The molecule has 0 saturated heterocycles. The number of aromatic nitrogens is 1. The first kappa shape index (κ1) is 15.6. The lowest BCUT2D eigenvalue weighted by Gasteiger charge is -2.00. The molecular formula is C14H14N4O3S. The average Bonchev–Trinajstić information content (AvgIpc) is 2.88. The van der Waals surface area contributed by atoms with Crippen molar-refractivity contribution in [3.63, 3.8) is 0 Å². The van der Waals surface area contributed by atoms with Gasteiger partial charge >= 0.3 is 5.97 Å². The van der Waals surface area contributed by atoms with Crippen LogP contribution < -0.4 is 11.2 Å². The fourth-order valence-electron chi connectivity index (χ4n) is 1.80. The normalized spacial score (nSPS) is 10.8. The van der Waals surface area contributed by atoms with Crippen LogP contribution in [0.1, 0.15) is 38.2 Å². The number of nitrogens with one attached hydrogen (secondary N) is 1. The number of nitrogens with two attached hydrogens (primary N) is 1. The van der Waals surface area contributed by atoms with E-state index in [-0.39, 0.29) is 5.56 Å². The van der Waals surface area contributed by atoms with Gasteiger partial charge in [-0.2, -0.15) is 5.10 Å². The Morgan fingerprint density at radius 1 is 1.45 bits per heavy atom. The lowest BCUT2D eigenvalue weighted by Crippen LogP contribution is -2.18. The number of amides is 1. The molecule has 0 aliphatic heterocycles. The molecule has 0 radical (unpaired) electrons. The van der Waals surface area contributed by atoms with Gasteiger partial charge in [0.1, 0.15) is 4.88 Å². The third-order valence-electron chi connectivity index (χ3n) is 2.82. The van der Waals surface area contributed by atoms with Crippen molar-refractivity contribution in [2.75, 3.05) is 5.73 Å². The summed E-state index contributed by atoms with van der Waals surface area (Å²) in [4.78, 5) is 27.5. The van der Waals surface area contributed by atoms with Crippen molar-refractivity contribution in [3.05, 3.63) is 46.0 Å². The summed E-state index contributed by atoms with van der Waals surface area (Å²) in [5, 5.41) is 13.2. The number of aryl methyl sites for hydroxylation is 1. The van der Waals surface area contributed by atoms with E-state index in [1.807, 2.05) is 6.92 Å². The van der Waals surface area contributed by atoms with Gasteiger partial charge in [-0.25, -0.2) is 15.2 Å². The van der Waals surface area contributed by atoms with Gasteiger partial charge in [0.25, 0.3) is 5.91 Å². The number of benzene rings is 1. The van der Waals surface area contributed by atoms with Gasteiger partial charge in [-0.1, -0.05) is 36.5 Å². The van der Waals surface area contributed by atoms with Gasteiger partial charge in [0, 0.05) is 5.56 Å². The second-order valence-electron chi connectivity index (χ2n) is 4.27. The standard InChI is InChI=1S/C14H14N4O3S/c1-2-10-11(22-14(15)17-10)12(19)18-16-7-8-5-3-4-6-9(8)13(20)21/h3-7H,2H2,1H3,(H2,15,17)(H,18,19)(H,20,21). The van der Waals surface area contributed by atoms with E-state index >= 15 is 0 Å². The summed E-state index contributed by atoms with van der Waals surface area (Å²) in [5.41, 5.74) is 9.06. The molecule has 22 heavy (non-hydrogen) atoms. The number of carbonyl (C=O) groups excluding carboxylic acids is 1. The minimum atomic E-state index is -1.06. The number of nitrogens with zero attached hydrogens (tertiary/aromatic N) is 2. The van der Waals surface area contributed by atoms with E-state index < -0.39 is 11.9 Å². The summed E-state index contributed by atoms with van der Waals surface area (Å²) in [5.74, 6) is -1.48. The van der Waals surface area contributed by atoms with Crippen LogP contribution in [0.25, 0.3) is 0 Å². The molecule has 4 N–H and O–H groups in total. The van der Waals surface area contributed by atoms with Gasteiger partial charge in [0.15, 0.2) is 5.13 Å². The fourth-order valence-corrected chi connectivity index (χ4v) is 2.61. The van der Waals surface area contributed by atoms with E-state index in [2.05, 4.69) is 15.5 Å². The van der Waals surface area contributed by atoms with Crippen molar-refractivity contribution >= 4 is 34.6 Å². The molecule has 2 rings (SSSR count). The first-order valence-electron chi connectivity index (χ1n) is 6.43. The Labute approximate surface area is 130 Å². The SMILES string of the molecule is CCc1nc(N)sc1C(=O)NN=Cc1ccccc1C(=O)O. The number of anilines is 1. The second kappa shape index (κ2) is 6.81. The van der Waals surface area contributed by atoms with Crippen molar-refractivity contribution in [2.24, 2.45) is 5.10 Å². The first-order chi connectivity index (χ1) is 10.5. The molecule has 2 aromatic rings. The number of carboxylic acid groups (broad SMARTS) is 1. The number of nitrogen functional groups attached to an aromatic ring is 1. The Hall–Kier alpha value is -2.74. The third kappa shape index (κ3) is 3.47. The molecule has 1 aromatic heterocycles. The summed E-state index contributed by atoms with van der Waals surface area (Å²) in [7, 11) is 0. The number of rotatable bonds is 5. The monoisotopic (exact) mass is 318 g/mol. The number of aromatic carboxylic acids is 1. The van der Waals surface area contributed by atoms with E-state index in [0.29, 0.717) is 27.7 Å². The van der Waals surface area contributed by atoms with Crippen LogP contribution in [0.5, 0.6) is 0 Å². The molecule has 0 aliphatic carbocycles. The van der Waals surface area contributed by atoms with Gasteiger partial charge in [0.2, 0.25) is 0 Å². The maximum absolute atomic E-state index is 12.0. The summed E-state index contributed by atoms with van der Waals surface area (Å²) < 4.78 is 0. The molecule has 0 unspecified atom stereocenters. The summed E-state index contributed by atoms with van der Waals surface area (Å²) >= 11 is 1.09. The number of hydrogen-bond donors (Lipinski definition) is 3. The molecule has 1 amide bonds. The van der Waals surface area contributed by atoms with E-state index in [1.54, 1.807) is 18.2 Å². The maximum Gasteiger partial charge on any atom is 0.336 e. The highest BCUT2D eigenvalue weighted by molar-refractivity contribution is 7.17. The Morgan fingerprint density at radius 2 is 2.18 bits per heavy atom. The predicted molar refractivity (Wildman–Crippen MR) is 84.4 cm³/mol. The molecular weight excluding hydrogens is 304 g/mol. The van der Waals surface area contributed by atoms with E-state index in [9.17, 15) is 9.59 Å². The first-order valence-corrected chi connectivity index (χ1v) is 7.25. The van der Waals surface area contributed by atoms with Crippen LogP contribution in [-0.4, -0.2) is 28.2 Å². The number of hydrazone groups is 1. The summed E-state index contributed by atoms with van der Waals surface area (Å²) in [6.07, 6.45) is 1.87. The van der Waals surface area contributed by atoms with Gasteiger partial charge < -0.3 is 10.8 Å². The van der Waals surface area contributed by atoms with Crippen LogP contribution in [-0.2, 0) is 6.42 Å². The summed E-state index contributed by atoms with van der Waals surface area (Å²) in [6.45, 7) is 1.87. The van der Waals surface area contributed by atoms with Crippen LogP contribution in [0, 0.1) is 0 Å². The van der Waals surface area contributed by atoms with Crippen molar-refractivity contribution < 1.29 is 14.7 Å². The Morgan fingerprint density at radius 3 is 2.86 bits per heavy atom. The number of thiazole rings is 1. The molecule has 0 aliphatic rings. The average molecular weight is 318 g/mol. The van der Waals surface area contributed by atoms with Gasteiger partial charge in [0.05, 0.1) is 17.5 Å². The second-order valence-corrected chi connectivity index (χ2v) is 5.30. The minimum absolute atomic E-state index is 0.108.